The zero-order valence-electron chi connectivity index (χ0n) is 14.6. The Morgan fingerprint density at radius 1 is 1.00 bits per heavy atom. The minimum absolute atomic E-state index is 0.249. The van der Waals surface area contributed by atoms with Crippen molar-refractivity contribution in [3.63, 3.8) is 0 Å². The lowest BCUT2D eigenvalue weighted by Gasteiger charge is -2.14. The fourth-order valence-electron chi connectivity index (χ4n) is 2.61. The molecule has 2 aromatic rings. The molecule has 1 heterocycles. The van der Waals surface area contributed by atoms with E-state index in [2.05, 4.69) is 5.32 Å². The molecule has 134 valence electrons. The summed E-state index contributed by atoms with van der Waals surface area (Å²) in [5.41, 5.74) is 1.73. The molecule has 0 spiro atoms. The number of carbonyl (C=O) groups is 1. The van der Waals surface area contributed by atoms with Gasteiger partial charge < -0.3 is 19.5 Å². The van der Waals surface area contributed by atoms with Gasteiger partial charge in [0.05, 0.1) is 27.0 Å². The maximum Gasteiger partial charge on any atom is 0.281 e. The van der Waals surface area contributed by atoms with Crippen LogP contribution < -0.4 is 24.4 Å². The summed E-state index contributed by atoms with van der Waals surface area (Å²) in [4.78, 5) is 14.3. The predicted octanol–water partition coefficient (Wildman–Crippen LogP) is 2.97. The van der Waals surface area contributed by atoms with Crippen LogP contribution in [-0.4, -0.2) is 32.3 Å². The number of methoxy groups -OCH3 is 3. The van der Waals surface area contributed by atoms with E-state index in [1.54, 1.807) is 63.8 Å². The summed E-state index contributed by atoms with van der Waals surface area (Å²) in [5, 5.41) is 3.27. The average Bonchev–Trinajstić information content (AvgIpc) is 2.95. The van der Waals surface area contributed by atoms with Gasteiger partial charge in [0.25, 0.3) is 5.91 Å². The summed E-state index contributed by atoms with van der Waals surface area (Å²) >= 11 is 5.33. The van der Waals surface area contributed by atoms with Crippen LogP contribution in [0.15, 0.2) is 48.2 Å². The van der Waals surface area contributed by atoms with Gasteiger partial charge in [-0.15, -0.1) is 0 Å². The molecule has 0 aliphatic carbocycles. The van der Waals surface area contributed by atoms with Gasteiger partial charge in [-0.1, -0.05) is 6.07 Å². The molecule has 7 heteroatoms. The molecule has 1 fully saturated rings. The normalized spacial score (nSPS) is 15.2. The fourth-order valence-corrected chi connectivity index (χ4v) is 2.91. The smallest absolute Gasteiger partial charge is 0.281 e. The van der Waals surface area contributed by atoms with Gasteiger partial charge in [-0.05, 0) is 42.6 Å². The topological polar surface area (TPSA) is 60.0 Å². The van der Waals surface area contributed by atoms with Crippen LogP contribution in [-0.2, 0) is 4.79 Å². The quantitative estimate of drug-likeness (QED) is 0.645. The third-order valence-corrected chi connectivity index (χ3v) is 4.21. The zero-order chi connectivity index (χ0) is 18.7. The largest absolute Gasteiger partial charge is 0.497 e. The van der Waals surface area contributed by atoms with Gasteiger partial charge in [0.15, 0.2) is 5.11 Å². The molecule has 1 aliphatic rings. The second-order valence-electron chi connectivity index (χ2n) is 5.44. The number of nitrogens with one attached hydrogen (secondary N) is 1. The van der Waals surface area contributed by atoms with E-state index in [1.165, 1.54) is 4.90 Å². The van der Waals surface area contributed by atoms with Crippen LogP contribution in [0, 0.1) is 0 Å². The lowest BCUT2D eigenvalue weighted by atomic mass is 10.1. The summed E-state index contributed by atoms with van der Waals surface area (Å²) in [6.45, 7) is 0. The molecular formula is C19H18N2O4S. The van der Waals surface area contributed by atoms with E-state index in [0.29, 0.717) is 33.7 Å². The standard InChI is InChI=1S/C19H18N2O4S/c1-23-14-6-4-5-13(10-14)21-18(22)16(20-19(21)26)9-12-7-8-15(24-2)11-17(12)25-3/h4-11H,1-3H3,(H,20,26)/b16-9+. The van der Waals surface area contributed by atoms with Crippen molar-refractivity contribution in [2.45, 2.75) is 0 Å². The second kappa shape index (κ2) is 7.45. The van der Waals surface area contributed by atoms with Gasteiger partial charge in [0, 0.05) is 17.7 Å². The van der Waals surface area contributed by atoms with Crippen LogP contribution in [0.2, 0.25) is 0 Å². The number of benzene rings is 2. The van der Waals surface area contributed by atoms with Gasteiger partial charge in [-0.25, -0.2) is 0 Å². The number of rotatable bonds is 5. The van der Waals surface area contributed by atoms with E-state index in [-0.39, 0.29) is 5.91 Å². The van der Waals surface area contributed by atoms with Crippen LogP contribution in [0.1, 0.15) is 5.56 Å². The Hall–Kier alpha value is -3.06. The monoisotopic (exact) mass is 370 g/mol. The lowest BCUT2D eigenvalue weighted by Crippen LogP contribution is -2.30. The predicted molar refractivity (Wildman–Crippen MR) is 104 cm³/mol. The molecule has 1 N–H and O–H groups in total. The molecule has 0 radical (unpaired) electrons. The number of hydrogen-bond donors (Lipinski definition) is 1. The fraction of sp³-hybridized carbons (Fsp3) is 0.158. The molecule has 1 aliphatic heterocycles. The second-order valence-corrected chi connectivity index (χ2v) is 5.82. The van der Waals surface area contributed by atoms with E-state index < -0.39 is 0 Å². The Morgan fingerprint density at radius 3 is 2.42 bits per heavy atom. The number of carbonyl (C=O) groups excluding carboxylic acids is 1. The highest BCUT2D eigenvalue weighted by Gasteiger charge is 2.32. The number of hydrogen-bond acceptors (Lipinski definition) is 5. The lowest BCUT2D eigenvalue weighted by molar-refractivity contribution is -0.113. The maximum absolute atomic E-state index is 12.8. The molecule has 3 rings (SSSR count). The van der Waals surface area contributed by atoms with Crippen LogP contribution in [0.3, 0.4) is 0 Å². The average molecular weight is 370 g/mol. The summed E-state index contributed by atoms with van der Waals surface area (Å²) < 4.78 is 15.8. The number of ether oxygens (including phenoxy) is 3. The Morgan fingerprint density at radius 2 is 1.73 bits per heavy atom. The molecule has 26 heavy (non-hydrogen) atoms. The van der Waals surface area contributed by atoms with Gasteiger partial charge in [0.1, 0.15) is 22.9 Å². The van der Waals surface area contributed by atoms with E-state index in [0.717, 1.165) is 5.56 Å². The first-order chi connectivity index (χ1) is 12.6. The summed E-state index contributed by atoms with van der Waals surface area (Å²) in [7, 11) is 4.72. The first-order valence-corrected chi connectivity index (χ1v) is 8.21. The van der Waals surface area contributed by atoms with E-state index in [1.807, 2.05) is 6.07 Å². The van der Waals surface area contributed by atoms with Crippen molar-refractivity contribution in [2.24, 2.45) is 0 Å². The van der Waals surface area contributed by atoms with Crippen molar-refractivity contribution in [1.82, 2.24) is 5.32 Å². The van der Waals surface area contributed by atoms with Crippen LogP contribution in [0.4, 0.5) is 5.69 Å². The molecule has 0 atom stereocenters. The Labute approximate surface area is 157 Å². The summed E-state index contributed by atoms with van der Waals surface area (Å²) in [6.07, 6.45) is 1.70. The zero-order valence-corrected chi connectivity index (χ0v) is 15.4. The van der Waals surface area contributed by atoms with Crippen molar-refractivity contribution < 1.29 is 19.0 Å². The minimum atomic E-state index is -0.249. The van der Waals surface area contributed by atoms with Gasteiger partial charge >= 0.3 is 0 Å². The molecule has 6 nitrogen and oxygen atoms in total. The van der Waals surface area contributed by atoms with Crippen molar-refractivity contribution in [1.29, 1.82) is 0 Å². The summed E-state index contributed by atoms with van der Waals surface area (Å²) in [6, 6.07) is 12.5. The molecule has 0 bridgehead atoms. The number of nitrogens with zero attached hydrogens (tertiary/aromatic N) is 1. The van der Waals surface area contributed by atoms with Crippen LogP contribution in [0.5, 0.6) is 17.2 Å². The van der Waals surface area contributed by atoms with Gasteiger partial charge in [-0.3, -0.25) is 9.69 Å². The van der Waals surface area contributed by atoms with Crippen molar-refractivity contribution in [3.8, 4) is 17.2 Å². The van der Waals surface area contributed by atoms with Gasteiger partial charge in [0.2, 0.25) is 0 Å². The first kappa shape index (κ1) is 17.8. The number of anilines is 1. The Bertz CT molecular complexity index is 895. The van der Waals surface area contributed by atoms with Crippen LogP contribution in [0.25, 0.3) is 6.08 Å². The molecule has 0 saturated carbocycles. The maximum atomic E-state index is 12.8. The Kier molecular flexibility index (Phi) is 5.09. The molecule has 2 aromatic carbocycles. The first-order valence-electron chi connectivity index (χ1n) is 7.80. The van der Waals surface area contributed by atoms with Crippen molar-refractivity contribution in [3.05, 3.63) is 53.7 Å². The van der Waals surface area contributed by atoms with E-state index in [4.69, 9.17) is 26.4 Å². The molecule has 0 aromatic heterocycles. The third-order valence-electron chi connectivity index (χ3n) is 3.93. The summed E-state index contributed by atoms with van der Waals surface area (Å²) in [5.74, 6) is 1.66. The number of thiocarbonyl (C=S) groups is 1. The molecule has 0 unspecified atom stereocenters. The molecule has 1 saturated heterocycles. The highest BCUT2D eigenvalue weighted by Crippen LogP contribution is 2.29. The van der Waals surface area contributed by atoms with Crippen LogP contribution >= 0.6 is 12.2 Å². The van der Waals surface area contributed by atoms with E-state index in [9.17, 15) is 4.79 Å². The van der Waals surface area contributed by atoms with E-state index >= 15 is 0 Å². The minimum Gasteiger partial charge on any atom is -0.497 e. The highest BCUT2D eigenvalue weighted by atomic mass is 32.1. The molecule has 1 amide bonds. The highest BCUT2D eigenvalue weighted by molar-refractivity contribution is 7.80. The third kappa shape index (κ3) is 3.34. The van der Waals surface area contributed by atoms with Crippen molar-refractivity contribution in [2.75, 3.05) is 26.2 Å². The Balaban J connectivity index is 1.95. The number of amides is 1. The SMILES string of the molecule is COc1cccc(N2C(=O)/C(=C\c3ccc(OC)cc3OC)NC2=S)c1. The molecular weight excluding hydrogens is 352 g/mol. The van der Waals surface area contributed by atoms with Gasteiger partial charge in [-0.2, -0.15) is 0 Å². The van der Waals surface area contributed by atoms with Crippen molar-refractivity contribution >= 4 is 35.0 Å².